The minimum atomic E-state index is -2.08. The number of hydrazone groups is 1. The van der Waals surface area contributed by atoms with Crippen molar-refractivity contribution in [3.63, 3.8) is 0 Å². The van der Waals surface area contributed by atoms with Crippen molar-refractivity contribution in [2.24, 2.45) is 28.8 Å². The van der Waals surface area contributed by atoms with E-state index in [-0.39, 0.29) is 56.6 Å². The predicted molar refractivity (Wildman–Crippen MR) is 260 cm³/mol. The number of ketones is 1. The van der Waals surface area contributed by atoms with E-state index in [9.17, 15) is 39.9 Å². The number of hydrogen-bond donors (Lipinski definition) is 6. The number of phenolic OH excluding ortho intramolecular Hbond substituents is 3. The van der Waals surface area contributed by atoms with Crippen molar-refractivity contribution in [1.29, 1.82) is 0 Å². The molecule has 11 atom stereocenters. The molecule has 0 saturated carbocycles. The standard InChI is InChI=1S/C52H68N4O13/c1-26-16-15-17-27(2)51(64)54-42-36(22-53-56-28(3)23-55(24-29(56)4)25-35-18-13-14-19-38(35)66-12)46(61)39-40(47(42)62)45(60)33(8)49-41(39)50(63)52(10,69-49)67-21-20-37(65-11)30(5)48(68-34(9)57)32(7)44(59)31(6)43(26)58/h13-22,26,28-32,37,43-44,48,58-62H,23-25H2,1-12H3,(H,54,64). The number of hydrogen-bond acceptors (Lipinski definition) is 16. The number of methoxy groups -OCH3 is 2. The summed E-state index contributed by atoms with van der Waals surface area (Å²) < 4.78 is 29.4. The zero-order valence-electron chi connectivity index (χ0n) is 41.5. The number of Topliss-reactive ketones (excluding diaryl/α,β-unsaturated/α-hetero) is 1. The van der Waals surface area contributed by atoms with E-state index in [1.165, 1.54) is 59.4 Å². The number of amides is 1. The lowest BCUT2D eigenvalue weighted by Crippen LogP contribution is -2.54. The second-order valence-corrected chi connectivity index (χ2v) is 18.9. The van der Waals surface area contributed by atoms with Crippen LogP contribution in [0.25, 0.3) is 10.8 Å². The average Bonchev–Trinajstić information content (AvgIpc) is 3.57. The third kappa shape index (κ3) is 10.4. The summed E-state index contributed by atoms with van der Waals surface area (Å²) in [7, 11) is 3.08. The van der Waals surface area contributed by atoms with Crippen LogP contribution in [0.1, 0.15) is 89.4 Å². The van der Waals surface area contributed by atoms with E-state index in [4.69, 9.17) is 28.8 Å². The Labute approximate surface area is 403 Å². The van der Waals surface area contributed by atoms with Crippen LogP contribution in [0, 0.1) is 30.6 Å². The number of nitrogens with one attached hydrogen (secondary N) is 1. The van der Waals surface area contributed by atoms with Gasteiger partial charge in [0.05, 0.1) is 72.2 Å². The van der Waals surface area contributed by atoms with E-state index in [0.717, 1.165) is 11.3 Å². The lowest BCUT2D eigenvalue weighted by Gasteiger charge is -2.43. The third-order valence-corrected chi connectivity index (χ3v) is 13.9. The van der Waals surface area contributed by atoms with Crippen molar-refractivity contribution < 1.29 is 63.6 Å². The fourth-order valence-electron chi connectivity index (χ4n) is 9.85. The Balaban J connectivity index is 1.48. The van der Waals surface area contributed by atoms with Gasteiger partial charge < -0.3 is 54.5 Å². The molecule has 1 saturated heterocycles. The summed E-state index contributed by atoms with van der Waals surface area (Å²) in [5, 5.41) is 68.2. The van der Waals surface area contributed by atoms with E-state index in [0.29, 0.717) is 19.6 Å². The Morgan fingerprint density at radius 1 is 0.913 bits per heavy atom. The fraction of sp³-hybridized carbons (Fsp3) is 0.500. The molecule has 0 aliphatic carbocycles. The van der Waals surface area contributed by atoms with Gasteiger partial charge in [0, 0.05) is 86.3 Å². The maximum atomic E-state index is 14.7. The van der Waals surface area contributed by atoms with Gasteiger partial charge in [-0.3, -0.25) is 24.3 Å². The first-order valence-corrected chi connectivity index (χ1v) is 23.3. The number of benzene rings is 3. The van der Waals surface area contributed by atoms with Crippen LogP contribution in [0.15, 0.2) is 65.5 Å². The highest BCUT2D eigenvalue weighted by atomic mass is 16.7. The molecule has 0 aromatic heterocycles. The van der Waals surface area contributed by atoms with Crippen LogP contribution in [0.5, 0.6) is 28.7 Å². The number of anilines is 1. The van der Waals surface area contributed by atoms with Gasteiger partial charge in [0.2, 0.25) is 0 Å². The Hall–Kier alpha value is -6.14. The number of allylic oxidation sites excluding steroid dienone is 2. The van der Waals surface area contributed by atoms with Crippen LogP contribution in [0.4, 0.5) is 5.69 Å². The van der Waals surface area contributed by atoms with Gasteiger partial charge in [-0.15, -0.1) is 0 Å². The molecule has 69 heavy (non-hydrogen) atoms. The second-order valence-electron chi connectivity index (χ2n) is 18.9. The minimum absolute atomic E-state index is 0.0432. The molecule has 5 bridgehead atoms. The van der Waals surface area contributed by atoms with Crippen LogP contribution >= 0.6 is 0 Å². The number of carbonyl (C=O) groups excluding carboxylic acids is 3. The van der Waals surface area contributed by atoms with E-state index in [1.807, 2.05) is 43.1 Å². The number of nitrogens with zero attached hydrogens (tertiary/aromatic N) is 3. The summed E-state index contributed by atoms with van der Waals surface area (Å²) in [5.41, 5.74) is 0.595. The number of fused-ring (bicyclic) bond motifs is 14. The number of carbonyl (C=O) groups is 3. The highest BCUT2D eigenvalue weighted by Gasteiger charge is 2.50. The first-order valence-electron chi connectivity index (χ1n) is 23.3. The molecule has 4 aliphatic heterocycles. The van der Waals surface area contributed by atoms with Gasteiger partial charge in [-0.05, 0) is 39.8 Å². The number of piperazine rings is 1. The maximum absolute atomic E-state index is 14.7. The summed E-state index contributed by atoms with van der Waals surface area (Å²) in [4.78, 5) is 43.4. The van der Waals surface area contributed by atoms with Gasteiger partial charge in [0.1, 0.15) is 29.1 Å². The quantitative estimate of drug-likeness (QED) is 0.0627. The average molecular weight is 957 g/mol. The van der Waals surface area contributed by atoms with Crippen LogP contribution in [-0.4, -0.2) is 129 Å². The Morgan fingerprint density at radius 2 is 1.58 bits per heavy atom. The van der Waals surface area contributed by atoms with Gasteiger partial charge in [-0.2, -0.15) is 5.10 Å². The number of aromatic hydroxyl groups is 3. The van der Waals surface area contributed by atoms with Crippen molar-refractivity contribution in [2.45, 2.75) is 118 Å². The molecule has 0 spiro atoms. The number of ether oxygens (including phenoxy) is 5. The molecule has 17 nitrogen and oxygen atoms in total. The smallest absolute Gasteiger partial charge is 0.312 e. The number of esters is 1. The largest absolute Gasteiger partial charge is 0.507 e. The number of aliphatic hydroxyl groups excluding tert-OH is 2. The molecule has 4 aliphatic rings. The molecule has 3 aromatic carbocycles. The molecule has 0 radical (unpaired) electrons. The molecule has 4 heterocycles. The lowest BCUT2D eigenvalue weighted by molar-refractivity contribution is -0.160. The highest BCUT2D eigenvalue weighted by molar-refractivity contribution is 6.23. The zero-order chi connectivity index (χ0) is 50.8. The topological polar surface area (TPSA) is 229 Å². The van der Waals surface area contributed by atoms with E-state index < -0.39 is 88.8 Å². The summed E-state index contributed by atoms with van der Waals surface area (Å²) >= 11 is 0. The number of aliphatic hydroxyl groups is 2. The van der Waals surface area contributed by atoms with Crippen molar-refractivity contribution in [1.82, 2.24) is 9.91 Å². The SMILES string of the molecule is COc1ccccc1CN1CC(C)N(N=Cc2c3c(O)c4c(O)c(C)c5c(c4c2O)C(=O)C(C)(OC=CC(OC)C(C)C(OC(C)=O)C(C)C(O)C(C)C(O)C(C)C=CC=C(C)C(=O)N3)O5)C(C)C1. The predicted octanol–water partition coefficient (Wildman–Crippen LogP) is 6.69. The van der Waals surface area contributed by atoms with Crippen molar-refractivity contribution in [3.05, 3.63) is 82.7 Å². The van der Waals surface area contributed by atoms with Crippen LogP contribution in [-0.2, 0) is 30.3 Å². The second kappa shape index (κ2) is 21.2. The summed E-state index contributed by atoms with van der Waals surface area (Å²) in [6.07, 6.45) is 4.83. The Morgan fingerprint density at radius 3 is 2.22 bits per heavy atom. The van der Waals surface area contributed by atoms with E-state index in [2.05, 4.69) is 10.2 Å². The molecular weight excluding hydrogens is 889 g/mol. The summed E-state index contributed by atoms with van der Waals surface area (Å²) in [6.45, 7) is 18.4. The molecule has 3 aromatic rings. The minimum Gasteiger partial charge on any atom is -0.507 e. The number of rotatable bonds is 7. The van der Waals surface area contributed by atoms with E-state index in [1.54, 1.807) is 47.0 Å². The maximum Gasteiger partial charge on any atom is 0.312 e. The third-order valence-electron chi connectivity index (χ3n) is 13.9. The Kier molecular flexibility index (Phi) is 16.1. The van der Waals surface area contributed by atoms with Crippen molar-refractivity contribution in [3.8, 4) is 28.7 Å². The molecule has 6 N–H and O–H groups in total. The summed E-state index contributed by atoms with van der Waals surface area (Å²) in [5.74, 6) is -7.76. The molecule has 1 amide bonds. The first kappa shape index (κ1) is 52.2. The highest BCUT2D eigenvalue weighted by Crippen LogP contribution is 2.55. The number of para-hydroxylation sites is 1. The van der Waals surface area contributed by atoms with Gasteiger partial charge in [0.15, 0.2) is 5.75 Å². The lowest BCUT2D eigenvalue weighted by atomic mass is 9.78. The fourth-order valence-corrected chi connectivity index (χ4v) is 9.85. The van der Waals surface area contributed by atoms with Crippen LogP contribution < -0.4 is 14.8 Å². The van der Waals surface area contributed by atoms with Crippen LogP contribution in [0.2, 0.25) is 0 Å². The summed E-state index contributed by atoms with van der Waals surface area (Å²) in [6, 6.07) is 7.52. The van der Waals surface area contributed by atoms with Gasteiger partial charge in [0.25, 0.3) is 11.7 Å². The molecular formula is C52H68N4O13. The van der Waals surface area contributed by atoms with Gasteiger partial charge in [-0.25, -0.2) is 0 Å². The molecule has 17 heteroatoms. The monoisotopic (exact) mass is 956 g/mol. The van der Waals surface area contributed by atoms with Crippen LogP contribution in [0.3, 0.4) is 0 Å². The van der Waals surface area contributed by atoms with Gasteiger partial charge >= 0.3 is 11.8 Å². The molecule has 374 valence electrons. The molecule has 11 unspecified atom stereocenters. The number of phenols is 3. The van der Waals surface area contributed by atoms with Crippen molar-refractivity contribution in [2.75, 3.05) is 32.6 Å². The Bertz CT molecular complexity index is 2540. The zero-order valence-corrected chi connectivity index (χ0v) is 41.5. The van der Waals surface area contributed by atoms with E-state index >= 15 is 0 Å². The van der Waals surface area contributed by atoms with Crippen molar-refractivity contribution >= 4 is 40.3 Å². The normalized spacial score (nSPS) is 29.5. The van der Waals surface area contributed by atoms with Gasteiger partial charge in [-0.1, -0.05) is 64.1 Å². The molecule has 1 fully saturated rings. The first-order chi connectivity index (χ1) is 32.6. The molecule has 7 rings (SSSR count).